The molecule has 0 saturated heterocycles. The van der Waals surface area contributed by atoms with E-state index in [1.165, 1.54) is 17.7 Å². The number of nitriles is 1. The van der Waals surface area contributed by atoms with Crippen LogP contribution in [-0.4, -0.2) is 40.3 Å². The Morgan fingerprint density at radius 1 is 1.24 bits per heavy atom. The van der Waals surface area contributed by atoms with E-state index < -0.39 is 16.8 Å². The van der Waals surface area contributed by atoms with E-state index in [0.29, 0.717) is 17.0 Å². The number of rotatable bonds is 2. The highest BCUT2D eigenvalue weighted by Gasteiger charge is 2.68. The largest absolute Gasteiger partial charge is 0.475 e. The van der Waals surface area contributed by atoms with Gasteiger partial charge < -0.3 is 15.2 Å². The fraction of sp³-hybridized carbons (Fsp3) is 0.440. The second-order valence-electron chi connectivity index (χ2n) is 10.4. The molecule has 1 heterocycles. The molecule has 2 aromatic rings. The van der Waals surface area contributed by atoms with Crippen molar-refractivity contribution in [3.05, 3.63) is 58.9 Å². The van der Waals surface area contributed by atoms with Gasteiger partial charge in [-0.2, -0.15) is 5.26 Å². The third-order valence-corrected chi connectivity index (χ3v) is 8.22. The zero-order valence-corrected chi connectivity index (χ0v) is 19.6. The number of halogens is 1. The maximum absolute atomic E-state index is 14.2. The third kappa shape index (κ3) is 3.05. The Morgan fingerprint density at radius 2 is 2.03 bits per heavy atom. The van der Waals surface area contributed by atoms with Crippen LogP contribution in [0.5, 0.6) is 0 Å². The Kier molecular flexibility index (Phi) is 4.92. The van der Waals surface area contributed by atoms with Crippen LogP contribution in [0.2, 0.25) is 0 Å². The van der Waals surface area contributed by atoms with E-state index >= 15 is 0 Å². The Bertz CT molecular complexity index is 1210. The normalized spacial score (nSPS) is 31.8. The summed E-state index contributed by atoms with van der Waals surface area (Å²) in [6.45, 7) is 2.25. The summed E-state index contributed by atoms with van der Waals surface area (Å²) in [4.78, 5) is 5.07. The summed E-state index contributed by atoms with van der Waals surface area (Å²) < 4.78 is 26.1. The number of nitrogens with two attached hydrogens (primary N) is 1. The molecule has 2 spiro atoms. The van der Waals surface area contributed by atoms with Gasteiger partial charge in [0.1, 0.15) is 11.4 Å². The van der Waals surface area contributed by atoms with Gasteiger partial charge >= 0.3 is 0 Å². The molecule has 5 rings (SSSR count). The molecule has 33 heavy (non-hydrogen) atoms. The van der Waals surface area contributed by atoms with E-state index in [0.717, 1.165) is 36.8 Å². The summed E-state index contributed by atoms with van der Waals surface area (Å²) in [5.74, 6) is -0.0436. The second kappa shape index (κ2) is 7.36. The number of hydrogen-bond donors (Lipinski definition) is 1. The van der Waals surface area contributed by atoms with Crippen LogP contribution in [0, 0.1) is 28.5 Å². The van der Waals surface area contributed by atoms with Crippen LogP contribution < -0.4 is 5.73 Å². The smallest absolute Gasteiger partial charge is 0.282 e. The number of fused-ring (bicyclic) bond motifs is 3. The van der Waals surface area contributed by atoms with E-state index in [-0.39, 0.29) is 17.5 Å². The number of amidine groups is 1. The number of aliphatic imine (C=N–C) groups is 1. The predicted octanol–water partition coefficient (Wildman–Crippen LogP) is 2.20. The monoisotopic (exact) mass is 443 g/mol. The van der Waals surface area contributed by atoms with Crippen molar-refractivity contribution in [3.8, 4) is 17.2 Å². The van der Waals surface area contributed by atoms with Crippen LogP contribution >= 0.6 is 0 Å². The molecule has 0 unspecified atom stereocenters. The lowest BCUT2D eigenvalue weighted by molar-refractivity contribution is -0.0559. The second-order valence-corrected chi connectivity index (χ2v) is 10.4. The Labute approximate surface area is 196 Å². The van der Waals surface area contributed by atoms with Crippen molar-refractivity contribution in [2.45, 2.75) is 49.6 Å². The first-order chi connectivity index (χ1) is 15.6. The van der Waals surface area contributed by atoms with E-state index in [1.54, 1.807) is 13.2 Å². The third-order valence-electron chi connectivity index (χ3n) is 8.22. The van der Waals surface area contributed by atoms with Crippen molar-refractivity contribution in [1.29, 1.82) is 5.26 Å². The minimum Gasteiger partial charge on any atom is -0.475 e. The Balaban J connectivity index is 1.70. The Hall–Kier alpha value is -2.78. The lowest BCUT2D eigenvalue weighted by Crippen LogP contribution is -2.60. The molecule has 0 aromatic heterocycles. The summed E-state index contributed by atoms with van der Waals surface area (Å²) in [7, 11) is 5.93. The molecule has 2 aromatic carbocycles. The number of nitrogens with zero attached hydrogens (tertiary/aromatic N) is 2. The molecule has 4 atom stereocenters. The lowest BCUT2D eigenvalue weighted by atomic mass is 9.44. The minimum atomic E-state index is -0.645. The van der Waals surface area contributed by atoms with Gasteiger partial charge in [-0.15, -0.1) is 0 Å². The van der Waals surface area contributed by atoms with Gasteiger partial charge in [0.15, 0.2) is 15.7 Å². The van der Waals surface area contributed by atoms with Crippen molar-refractivity contribution < 1.29 is 13.9 Å². The molecule has 2 aliphatic carbocycles. The minimum absolute atomic E-state index is 0.146. The molecule has 1 aliphatic heterocycles. The lowest BCUT2D eigenvalue weighted by Gasteiger charge is -2.53. The van der Waals surface area contributed by atoms with Crippen molar-refractivity contribution in [2.24, 2.45) is 22.1 Å². The van der Waals surface area contributed by atoms with Crippen molar-refractivity contribution >= 4 is 21.7 Å². The van der Waals surface area contributed by atoms with Crippen LogP contribution in [0.15, 0.2) is 41.4 Å². The highest BCUT2D eigenvalue weighted by Crippen LogP contribution is 2.65. The number of methoxy groups -OCH3 is 1. The van der Waals surface area contributed by atoms with E-state index in [2.05, 4.69) is 34.7 Å². The molecule has 0 amide bonds. The molecule has 168 valence electrons. The molecule has 2 N–H and O–H groups in total. The Morgan fingerprint density at radius 3 is 2.67 bits per heavy atom. The fourth-order valence-corrected chi connectivity index (χ4v) is 7.04. The average Bonchev–Trinajstić information content (AvgIpc) is 3.17. The highest BCUT2D eigenvalue weighted by molar-refractivity contribution is 6.41. The number of benzene rings is 2. The number of ether oxygens (including phenoxy) is 2. The van der Waals surface area contributed by atoms with Crippen LogP contribution in [0.1, 0.15) is 42.9 Å². The first-order valence-electron chi connectivity index (χ1n) is 11.6. The van der Waals surface area contributed by atoms with Gasteiger partial charge in [0.25, 0.3) is 6.02 Å². The van der Waals surface area contributed by atoms with Crippen LogP contribution in [0.4, 0.5) is 4.39 Å². The van der Waals surface area contributed by atoms with Crippen molar-refractivity contribution in [1.82, 2.24) is 0 Å². The van der Waals surface area contributed by atoms with E-state index in [1.807, 2.05) is 12.1 Å². The maximum Gasteiger partial charge on any atom is 0.282 e. The zero-order valence-electron chi connectivity index (χ0n) is 19.6. The van der Waals surface area contributed by atoms with Gasteiger partial charge in [-0.3, -0.25) is 0 Å². The molecule has 1 saturated carbocycles. The summed E-state index contributed by atoms with van der Waals surface area (Å²) >= 11 is 0. The first-order valence-corrected chi connectivity index (χ1v) is 11.6. The van der Waals surface area contributed by atoms with Crippen LogP contribution in [0.3, 0.4) is 0 Å². The van der Waals surface area contributed by atoms with E-state index in [4.69, 9.17) is 20.2 Å². The maximum atomic E-state index is 14.2. The molecule has 0 radical (unpaired) electrons. The van der Waals surface area contributed by atoms with Gasteiger partial charge in [0.2, 0.25) is 0 Å². The van der Waals surface area contributed by atoms with Gasteiger partial charge in [-0.1, -0.05) is 19.1 Å². The van der Waals surface area contributed by atoms with E-state index in [9.17, 15) is 9.65 Å². The van der Waals surface area contributed by atoms with Gasteiger partial charge in [0, 0.05) is 12.5 Å². The predicted molar refractivity (Wildman–Crippen MR) is 131 cm³/mol. The standard InChI is InChI=1S/C25H28B2FN3O2/c1-14-11-23(6-5-21(14)32-2)12-17-4-3-16(18-7-15(13-29)8-19(28)9-18)10-20(17)24(23)25(26,27)33-22(30)31-24/h3-4,7-10,14,21H,5-6,11-12,26-27H2,1-2H3,(H2,30,31)/t14-,21-,23-,24+/m1/s1. The molecule has 8 heteroatoms. The molecule has 5 nitrogen and oxygen atoms in total. The van der Waals surface area contributed by atoms with Gasteiger partial charge in [-0.05, 0) is 78.1 Å². The molecule has 3 aliphatic rings. The van der Waals surface area contributed by atoms with Gasteiger partial charge in [-0.25, -0.2) is 9.38 Å². The van der Waals surface area contributed by atoms with Gasteiger partial charge in [0.05, 0.1) is 23.1 Å². The van der Waals surface area contributed by atoms with Crippen LogP contribution in [0.25, 0.3) is 11.1 Å². The highest BCUT2D eigenvalue weighted by atomic mass is 19.1. The summed E-state index contributed by atoms with van der Waals surface area (Å²) in [5.41, 5.74) is 9.59. The molecular formula is C25H28B2FN3O2. The SMILES string of the molecule is BC1(B)OC(N)=N[C@]12c1cc(-c3cc(F)cc(C#N)c3)ccc1C[C@]21CC[C@@H](OC)[C@H](C)C1. The quantitative estimate of drug-likeness (QED) is 0.723. The number of hydrogen-bond acceptors (Lipinski definition) is 5. The zero-order chi connectivity index (χ0) is 23.6. The molecule has 1 fully saturated rings. The topological polar surface area (TPSA) is 80.6 Å². The van der Waals surface area contributed by atoms with Crippen LogP contribution in [-0.2, 0) is 21.4 Å². The summed E-state index contributed by atoms with van der Waals surface area (Å²) in [6, 6.07) is 13.0. The average molecular weight is 443 g/mol. The van der Waals surface area contributed by atoms with Crippen molar-refractivity contribution in [2.75, 3.05) is 7.11 Å². The fourth-order valence-electron chi connectivity index (χ4n) is 7.04. The molecule has 0 bridgehead atoms. The summed E-state index contributed by atoms with van der Waals surface area (Å²) in [5, 5.41) is 8.67. The first kappa shape index (κ1) is 22.0. The molecular weight excluding hydrogens is 415 g/mol. The summed E-state index contributed by atoms with van der Waals surface area (Å²) in [6.07, 6.45) is 4.00. The van der Waals surface area contributed by atoms with Crippen molar-refractivity contribution in [3.63, 3.8) is 0 Å².